The average Bonchev–Trinajstić information content (AvgIpc) is 2.53. The minimum Gasteiger partial charge on any atom is -0.311 e. The standard InChI is InChI=1S/C15H11FN4O2/c1-20-12-5-3-2-4-9(12)6-11(14(20)22)13(21)19-15-17-7-10(16)8-18-15/h2-8H,1H3,(H,17,18,19,21). The van der Waals surface area contributed by atoms with Gasteiger partial charge in [0, 0.05) is 7.05 Å². The Morgan fingerprint density at radius 1 is 1.23 bits per heavy atom. The van der Waals surface area contributed by atoms with Crippen LogP contribution in [0.4, 0.5) is 10.3 Å². The van der Waals surface area contributed by atoms with Gasteiger partial charge >= 0.3 is 0 Å². The lowest BCUT2D eigenvalue weighted by Crippen LogP contribution is -2.28. The van der Waals surface area contributed by atoms with Crippen molar-refractivity contribution < 1.29 is 9.18 Å². The molecule has 1 amide bonds. The lowest BCUT2D eigenvalue weighted by Gasteiger charge is -2.08. The lowest BCUT2D eigenvalue weighted by atomic mass is 10.1. The van der Waals surface area contributed by atoms with Crippen molar-refractivity contribution >= 4 is 22.8 Å². The van der Waals surface area contributed by atoms with Crippen LogP contribution in [0.3, 0.4) is 0 Å². The van der Waals surface area contributed by atoms with Gasteiger partial charge in [-0.15, -0.1) is 0 Å². The highest BCUT2D eigenvalue weighted by Crippen LogP contribution is 2.13. The molecule has 3 rings (SSSR count). The smallest absolute Gasteiger partial charge is 0.263 e. The van der Waals surface area contributed by atoms with Gasteiger partial charge in [-0.1, -0.05) is 18.2 Å². The Bertz CT molecular complexity index is 919. The van der Waals surface area contributed by atoms with Gasteiger partial charge in [-0.05, 0) is 17.5 Å². The molecule has 3 aromatic rings. The van der Waals surface area contributed by atoms with Crippen LogP contribution in [-0.2, 0) is 7.05 Å². The molecule has 0 radical (unpaired) electrons. The van der Waals surface area contributed by atoms with Gasteiger partial charge in [0.1, 0.15) is 5.56 Å². The first-order valence-corrected chi connectivity index (χ1v) is 6.44. The molecular formula is C15H11FN4O2. The summed E-state index contributed by atoms with van der Waals surface area (Å²) in [6.07, 6.45) is 1.86. The molecule has 0 saturated carbocycles. The number of nitrogens with one attached hydrogen (secondary N) is 1. The number of halogens is 1. The number of hydrogen-bond acceptors (Lipinski definition) is 4. The van der Waals surface area contributed by atoms with Gasteiger partial charge in [0.2, 0.25) is 5.95 Å². The van der Waals surface area contributed by atoms with E-state index in [0.717, 1.165) is 23.3 Å². The Hall–Kier alpha value is -3.09. The van der Waals surface area contributed by atoms with E-state index in [0.29, 0.717) is 0 Å². The third-order valence-corrected chi connectivity index (χ3v) is 3.22. The first kappa shape index (κ1) is 13.9. The molecule has 0 saturated heterocycles. The molecule has 0 aliphatic heterocycles. The van der Waals surface area contributed by atoms with Crippen LogP contribution in [-0.4, -0.2) is 20.4 Å². The molecule has 2 aromatic heterocycles. The zero-order valence-electron chi connectivity index (χ0n) is 11.6. The number of carbonyl (C=O) groups excluding carboxylic acids is 1. The van der Waals surface area contributed by atoms with E-state index in [-0.39, 0.29) is 11.5 Å². The van der Waals surface area contributed by atoms with E-state index < -0.39 is 17.3 Å². The molecule has 0 spiro atoms. The van der Waals surface area contributed by atoms with Gasteiger partial charge in [-0.25, -0.2) is 14.4 Å². The second-order valence-electron chi connectivity index (χ2n) is 4.66. The maximum atomic E-state index is 12.7. The molecule has 0 atom stereocenters. The zero-order valence-corrected chi connectivity index (χ0v) is 11.6. The van der Waals surface area contributed by atoms with Gasteiger partial charge < -0.3 is 4.57 Å². The second kappa shape index (κ2) is 5.36. The van der Waals surface area contributed by atoms with E-state index in [4.69, 9.17) is 0 Å². The third-order valence-electron chi connectivity index (χ3n) is 3.22. The Kier molecular flexibility index (Phi) is 3.38. The van der Waals surface area contributed by atoms with Gasteiger partial charge in [-0.2, -0.15) is 0 Å². The number of para-hydroxylation sites is 1. The summed E-state index contributed by atoms with van der Waals surface area (Å²) in [5.41, 5.74) is 0.259. The fourth-order valence-corrected chi connectivity index (χ4v) is 2.13. The Morgan fingerprint density at radius 3 is 2.64 bits per heavy atom. The summed E-state index contributed by atoms with van der Waals surface area (Å²) >= 11 is 0. The van der Waals surface area contributed by atoms with Crippen LogP contribution in [0.25, 0.3) is 10.9 Å². The lowest BCUT2D eigenvalue weighted by molar-refractivity contribution is 0.102. The van der Waals surface area contributed by atoms with Gasteiger partial charge in [-0.3, -0.25) is 14.9 Å². The van der Waals surface area contributed by atoms with E-state index in [2.05, 4.69) is 15.3 Å². The average molecular weight is 298 g/mol. The molecule has 1 aromatic carbocycles. The highest BCUT2D eigenvalue weighted by molar-refractivity contribution is 6.04. The largest absolute Gasteiger partial charge is 0.311 e. The number of nitrogens with zero attached hydrogens (tertiary/aromatic N) is 3. The third kappa shape index (κ3) is 2.44. The van der Waals surface area contributed by atoms with Crippen molar-refractivity contribution in [1.82, 2.24) is 14.5 Å². The van der Waals surface area contributed by atoms with Crippen molar-refractivity contribution in [3.05, 3.63) is 64.5 Å². The maximum absolute atomic E-state index is 12.7. The van der Waals surface area contributed by atoms with E-state index >= 15 is 0 Å². The van der Waals surface area contributed by atoms with Crippen LogP contribution >= 0.6 is 0 Å². The van der Waals surface area contributed by atoms with E-state index in [1.807, 2.05) is 12.1 Å². The summed E-state index contributed by atoms with van der Waals surface area (Å²) in [6.45, 7) is 0. The van der Waals surface area contributed by atoms with Crippen LogP contribution in [0.5, 0.6) is 0 Å². The molecule has 2 heterocycles. The quantitative estimate of drug-likeness (QED) is 0.781. The number of anilines is 1. The fourth-order valence-electron chi connectivity index (χ4n) is 2.13. The zero-order chi connectivity index (χ0) is 15.7. The number of fused-ring (bicyclic) bond motifs is 1. The minimum absolute atomic E-state index is 0.0332. The number of pyridine rings is 1. The highest BCUT2D eigenvalue weighted by atomic mass is 19.1. The second-order valence-corrected chi connectivity index (χ2v) is 4.66. The number of carbonyl (C=O) groups is 1. The Morgan fingerprint density at radius 2 is 1.91 bits per heavy atom. The van der Waals surface area contributed by atoms with Crippen LogP contribution in [0.15, 0.2) is 47.5 Å². The Labute approximate surface area is 124 Å². The predicted molar refractivity (Wildman–Crippen MR) is 79.1 cm³/mol. The normalized spacial score (nSPS) is 10.6. The number of aryl methyl sites for hydroxylation is 1. The summed E-state index contributed by atoms with van der Waals surface area (Å²) in [5, 5.41) is 3.14. The van der Waals surface area contributed by atoms with Crippen LogP contribution in [0, 0.1) is 5.82 Å². The highest BCUT2D eigenvalue weighted by Gasteiger charge is 2.15. The molecule has 0 bridgehead atoms. The summed E-state index contributed by atoms with van der Waals surface area (Å²) in [6, 6.07) is 8.74. The minimum atomic E-state index is -0.641. The number of aromatic nitrogens is 3. The molecule has 22 heavy (non-hydrogen) atoms. The van der Waals surface area contributed by atoms with E-state index in [1.54, 1.807) is 19.2 Å². The summed E-state index contributed by atoms with van der Waals surface area (Å²) in [5.74, 6) is -1.32. The maximum Gasteiger partial charge on any atom is 0.263 e. The van der Waals surface area contributed by atoms with Gasteiger partial charge in [0.05, 0.1) is 17.9 Å². The van der Waals surface area contributed by atoms with Crippen molar-refractivity contribution in [2.45, 2.75) is 0 Å². The van der Waals surface area contributed by atoms with Crippen molar-refractivity contribution in [3.63, 3.8) is 0 Å². The molecule has 0 aliphatic rings. The molecule has 0 fully saturated rings. The molecule has 7 heteroatoms. The monoisotopic (exact) mass is 298 g/mol. The number of rotatable bonds is 2. The van der Waals surface area contributed by atoms with Gasteiger partial charge in [0.25, 0.3) is 11.5 Å². The van der Waals surface area contributed by atoms with E-state index in [1.165, 1.54) is 10.6 Å². The summed E-state index contributed by atoms with van der Waals surface area (Å²) in [4.78, 5) is 31.7. The predicted octanol–water partition coefficient (Wildman–Crippen LogP) is 1.72. The van der Waals surface area contributed by atoms with Crippen molar-refractivity contribution in [2.75, 3.05) is 5.32 Å². The fraction of sp³-hybridized carbons (Fsp3) is 0.0667. The first-order chi connectivity index (χ1) is 10.6. The van der Waals surface area contributed by atoms with Gasteiger partial charge in [0.15, 0.2) is 5.82 Å². The topological polar surface area (TPSA) is 76.9 Å². The van der Waals surface area contributed by atoms with Crippen molar-refractivity contribution in [2.24, 2.45) is 7.05 Å². The van der Waals surface area contributed by atoms with Crippen molar-refractivity contribution in [1.29, 1.82) is 0 Å². The molecule has 0 unspecified atom stereocenters. The molecule has 1 N–H and O–H groups in total. The first-order valence-electron chi connectivity index (χ1n) is 6.44. The van der Waals surface area contributed by atoms with Crippen LogP contribution < -0.4 is 10.9 Å². The summed E-state index contributed by atoms with van der Waals surface area (Å²) < 4.78 is 14.1. The SMILES string of the molecule is Cn1c(=O)c(C(=O)Nc2ncc(F)cn2)cc2ccccc21. The summed E-state index contributed by atoms with van der Waals surface area (Å²) in [7, 11) is 1.59. The molecular weight excluding hydrogens is 287 g/mol. The molecule has 0 aliphatic carbocycles. The Balaban J connectivity index is 2.02. The number of benzene rings is 1. The molecule has 110 valence electrons. The number of hydrogen-bond donors (Lipinski definition) is 1. The van der Waals surface area contributed by atoms with Crippen molar-refractivity contribution in [3.8, 4) is 0 Å². The molecule has 6 nitrogen and oxygen atoms in total. The van der Waals surface area contributed by atoms with E-state index in [9.17, 15) is 14.0 Å². The van der Waals surface area contributed by atoms with Crippen LogP contribution in [0.1, 0.15) is 10.4 Å². The van der Waals surface area contributed by atoms with Crippen LogP contribution in [0.2, 0.25) is 0 Å². The number of amides is 1.